The van der Waals surface area contributed by atoms with E-state index in [0.29, 0.717) is 43.6 Å². The lowest BCUT2D eigenvalue weighted by Crippen LogP contribution is -2.65. The number of unbranched alkanes of at least 4 members (excludes halogenated alkanes) is 1. The number of hydrazine groups is 1. The van der Waals surface area contributed by atoms with Gasteiger partial charge in [-0.1, -0.05) is 52.7 Å². The number of rotatable bonds is 9. The molecular formula is C36H58N2O6. The van der Waals surface area contributed by atoms with Crippen LogP contribution in [-0.2, 0) is 23.9 Å². The topological polar surface area (TPSA) is 128 Å². The lowest BCUT2D eigenvalue weighted by atomic mass is 9.36. The van der Waals surface area contributed by atoms with Gasteiger partial charge in [0.05, 0.1) is 6.10 Å². The zero-order valence-electron chi connectivity index (χ0n) is 28.5. The smallest absolute Gasteiger partial charge is 0.306 e. The summed E-state index contributed by atoms with van der Waals surface area (Å²) in [5, 5.41) is 12.2. The van der Waals surface area contributed by atoms with Crippen molar-refractivity contribution < 1.29 is 29.0 Å². The first kappa shape index (κ1) is 34.7. The van der Waals surface area contributed by atoms with Crippen molar-refractivity contribution >= 4 is 17.8 Å². The van der Waals surface area contributed by atoms with Crippen LogP contribution in [0.15, 0.2) is 22.8 Å². The monoisotopic (exact) mass is 614 g/mol. The Bertz CT molecular complexity index is 1180. The van der Waals surface area contributed by atoms with Gasteiger partial charge in [-0.3, -0.25) is 19.8 Å². The average Bonchev–Trinajstić information content (AvgIpc) is 3.22. The highest BCUT2D eigenvalue weighted by Crippen LogP contribution is 2.74. The van der Waals surface area contributed by atoms with Gasteiger partial charge in [0.1, 0.15) is 12.2 Å². The number of allylic oxidation sites excluding steroid dienone is 2. The highest BCUT2D eigenvalue weighted by molar-refractivity contribution is 5.94. The van der Waals surface area contributed by atoms with Crippen LogP contribution < -0.4 is 11.3 Å². The molecule has 8 nitrogen and oxygen atoms in total. The minimum Gasteiger partial charge on any atom is -0.462 e. The molecule has 248 valence electrons. The first-order valence-electron chi connectivity index (χ1n) is 17.1. The van der Waals surface area contributed by atoms with Gasteiger partial charge in [0.15, 0.2) is 0 Å². The first-order chi connectivity index (χ1) is 20.6. The Labute approximate surface area is 264 Å². The molecule has 1 amide bonds. The van der Waals surface area contributed by atoms with Gasteiger partial charge >= 0.3 is 11.9 Å². The second kappa shape index (κ2) is 13.3. The summed E-state index contributed by atoms with van der Waals surface area (Å²) in [6, 6.07) is 0. The number of aliphatic hydroxyl groups is 1. The van der Waals surface area contributed by atoms with Crippen LogP contribution in [0.2, 0.25) is 0 Å². The number of hydrogen-bond acceptors (Lipinski definition) is 7. The van der Waals surface area contributed by atoms with Crippen LogP contribution in [0.5, 0.6) is 0 Å². The Morgan fingerprint density at radius 2 is 1.75 bits per heavy atom. The maximum atomic E-state index is 13.3. The predicted octanol–water partition coefficient (Wildman–Crippen LogP) is 6.31. The van der Waals surface area contributed by atoms with Crippen LogP contribution in [0, 0.1) is 39.9 Å². The van der Waals surface area contributed by atoms with Crippen LogP contribution in [0.1, 0.15) is 126 Å². The Kier molecular flexibility index (Phi) is 10.5. The van der Waals surface area contributed by atoms with Crippen LogP contribution in [0.4, 0.5) is 0 Å². The summed E-state index contributed by atoms with van der Waals surface area (Å²) in [7, 11) is 0. The third-order valence-electron chi connectivity index (χ3n) is 12.7. The molecule has 0 bridgehead atoms. The first-order valence-corrected chi connectivity index (χ1v) is 17.1. The number of esters is 2. The minimum absolute atomic E-state index is 0.0315. The largest absolute Gasteiger partial charge is 0.462 e. The fraction of sp³-hybridized carbons (Fsp3) is 0.806. The minimum atomic E-state index is -0.576. The van der Waals surface area contributed by atoms with Gasteiger partial charge in [0.2, 0.25) is 0 Å². The lowest BCUT2D eigenvalue weighted by Gasteiger charge is -2.69. The molecule has 0 radical (unpaired) electrons. The van der Waals surface area contributed by atoms with Gasteiger partial charge < -0.3 is 14.6 Å². The maximum absolute atomic E-state index is 13.3. The van der Waals surface area contributed by atoms with Gasteiger partial charge in [0, 0.05) is 18.9 Å². The zero-order chi connectivity index (χ0) is 32.6. The van der Waals surface area contributed by atoms with E-state index in [0.717, 1.165) is 44.1 Å². The molecule has 0 aromatic heterocycles. The SMILES string of the molecule is CCCCC(=O)O[C@@H]1CC[C@@]2(C)[C@@H](CC[C@@]3(C)[C@H]2[C@H](O)C[C@H]2/C(=C(\CCC=C(C)C)C(=O)NN)[C@@H](OC(C)=O)C[C@@]23C)[C@@H]1C. The molecular weight excluding hydrogens is 556 g/mol. The second-order valence-corrected chi connectivity index (χ2v) is 15.4. The number of nitrogens with two attached hydrogens (primary N) is 1. The van der Waals surface area contributed by atoms with Gasteiger partial charge in [-0.15, -0.1) is 0 Å². The summed E-state index contributed by atoms with van der Waals surface area (Å²) in [5.41, 5.74) is 4.27. The average molecular weight is 615 g/mol. The van der Waals surface area contributed by atoms with E-state index in [-0.39, 0.29) is 57.9 Å². The molecule has 4 fully saturated rings. The van der Waals surface area contributed by atoms with E-state index in [2.05, 4.69) is 46.1 Å². The normalized spacial score (nSPS) is 40.5. The Morgan fingerprint density at radius 3 is 2.36 bits per heavy atom. The van der Waals surface area contributed by atoms with Crippen molar-refractivity contribution in [2.75, 3.05) is 0 Å². The summed E-state index contributed by atoms with van der Waals surface area (Å²) in [4.78, 5) is 38.3. The van der Waals surface area contributed by atoms with E-state index >= 15 is 0 Å². The number of aliphatic hydroxyl groups excluding tert-OH is 1. The van der Waals surface area contributed by atoms with Crippen molar-refractivity contribution in [3.63, 3.8) is 0 Å². The van der Waals surface area contributed by atoms with Crippen molar-refractivity contribution in [2.45, 2.75) is 144 Å². The summed E-state index contributed by atoms with van der Waals surface area (Å²) in [5.74, 6) is 5.36. The lowest BCUT2D eigenvalue weighted by molar-refractivity contribution is -0.236. The highest BCUT2D eigenvalue weighted by atomic mass is 16.5. The molecule has 0 aromatic rings. The van der Waals surface area contributed by atoms with E-state index in [9.17, 15) is 19.5 Å². The maximum Gasteiger partial charge on any atom is 0.306 e. The summed E-state index contributed by atoms with van der Waals surface area (Å²) in [6.45, 7) is 16.8. The number of fused-ring (bicyclic) bond motifs is 5. The molecule has 4 aliphatic carbocycles. The van der Waals surface area contributed by atoms with Crippen molar-refractivity contribution in [1.29, 1.82) is 0 Å². The molecule has 0 aliphatic heterocycles. The van der Waals surface area contributed by atoms with Crippen LogP contribution in [0.25, 0.3) is 0 Å². The number of hydrogen-bond donors (Lipinski definition) is 3. The van der Waals surface area contributed by atoms with E-state index in [1.165, 1.54) is 12.5 Å². The molecule has 0 heterocycles. The number of ether oxygens (including phenoxy) is 2. The van der Waals surface area contributed by atoms with Gasteiger partial charge in [-0.25, -0.2) is 5.84 Å². The Morgan fingerprint density at radius 1 is 1.05 bits per heavy atom. The van der Waals surface area contributed by atoms with Gasteiger partial charge in [-0.2, -0.15) is 0 Å². The molecule has 4 rings (SSSR count). The molecule has 4 aliphatic rings. The van der Waals surface area contributed by atoms with Crippen molar-refractivity contribution in [3.05, 3.63) is 22.8 Å². The predicted molar refractivity (Wildman–Crippen MR) is 171 cm³/mol. The second-order valence-electron chi connectivity index (χ2n) is 15.4. The fourth-order valence-corrected chi connectivity index (χ4v) is 10.6. The third-order valence-corrected chi connectivity index (χ3v) is 12.7. The molecule has 0 unspecified atom stereocenters. The fourth-order valence-electron chi connectivity index (χ4n) is 10.6. The van der Waals surface area contributed by atoms with E-state index in [1.807, 2.05) is 13.8 Å². The zero-order valence-corrected chi connectivity index (χ0v) is 28.5. The van der Waals surface area contributed by atoms with Gasteiger partial charge in [0.25, 0.3) is 5.91 Å². The Hall–Kier alpha value is -2.19. The Balaban J connectivity index is 1.72. The van der Waals surface area contributed by atoms with E-state index in [1.54, 1.807) is 0 Å². The molecule has 8 heteroatoms. The molecule has 44 heavy (non-hydrogen) atoms. The quantitative estimate of drug-likeness (QED) is 0.0693. The standard InChI is InChI=1S/C36H58N2O6/c1-9-10-14-30(41)44-28-16-17-34(6)25(22(28)4)15-18-35(7)32(34)27(40)19-26-31(29(43-23(5)39)20-36(26,35)8)24(33(42)38-37)13-11-12-21(2)3/h12,22,25-29,32,40H,9-11,13-20,37H2,1-8H3,(H,38,42)/b31-24-/t22-,25-,26-,27+,28+,29-,32-,34-,35-,36-/m0/s1. The summed E-state index contributed by atoms with van der Waals surface area (Å²) in [6.07, 6.45) is 9.08. The van der Waals surface area contributed by atoms with E-state index < -0.39 is 12.2 Å². The van der Waals surface area contributed by atoms with Gasteiger partial charge in [-0.05, 0) is 117 Å². The molecule has 0 spiro atoms. The summed E-state index contributed by atoms with van der Waals surface area (Å²) >= 11 is 0. The molecule has 0 aromatic carbocycles. The molecule has 4 saturated carbocycles. The number of carbonyl (C=O) groups excluding carboxylic acids is 3. The van der Waals surface area contributed by atoms with Crippen LogP contribution in [-0.4, -0.2) is 41.3 Å². The van der Waals surface area contributed by atoms with E-state index in [4.69, 9.17) is 15.3 Å². The molecule has 0 saturated heterocycles. The van der Waals surface area contributed by atoms with Crippen LogP contribution in [0.3, 0.4) is 0 Å². The van der Waals surface area contributed by atoms with Crippen molar-refractivity contribution in [1.82, 2.24) is 5.43 Å². The third kappa shape index (κ3) is 6.02. The van der Waals surface area contributed by atoms with Crippen molar-refractivity contribution in [3.8, 4) is 0 Å². The van der Waals surface area contributed by atoms with Crippen LogP contribution >= 0.6 is 0 Å². The highest BCUT2D eigenvalue weighted by Gasteiger charge is 2.71. The number of carbonyl (C=O) groups is 3. The van der Waals surface area contributed by atoms with Crippen molar-refractivity contribution in [2.24, 2.45) is 45.8 Å². The molecule has 10 atom stereocenters. The number of amides is 1. The summed E-state index contributed by atoms with van der Waals surface area (Å²) < 4.78 is 12.0. The molecule has 4 N–H and O–H groups in total. The number of nitrogens with one attached hydrogen (secondary N) is 1.